The first kappa shape index (κ1) is 15.2. The first-order chi connectivity index (χ1) is 10.9. The molecular formula is C12H14N6O4S. The van der Waals surface area contributed by atoms with Crippen molar-refractivity contribution < 1.29 is 13.2 Å². The Kier molecular flexibility index (Phi) is 3.64. The Hall–Kier alpha value is -2.69. The third-order valence-electron chi connectivity index (χ3n) is 3.28. The number of tetrazole rings is 1. The average Bonchev–Trinajstić information content (AvgIpc) is 3.27. The van der Waals surface area contributed by atoms with Crippen LogP contribution in [0.1, 0.15) is 12.8 Å². The van der Waals surface area contributed by atoms with Crippen molar-refractivity contribution in [3.63, 3.8) is 0 Å². The molecule has 2 aromatic rings. The van der Waals surface area contributed by atoms with E-state index in [1.807, 2.05) is 0 Å². The number of amides is 1. The molecule has 1 heterocycles. The maximum Gasteiger partial charge on any atom is 0.368 e. The molecule has 1 aliphatic rings. The molecule has 1 saturated carbocycles. The van der Waals surface area contributed by atoms with Gasteiger partial charge in [-0.2, -0.15) is 9.36 Å². The Balaban J connectivity index is 1.81. The Labute approximate surface area is 130 Å². The van der Waals surface area contributed by atoms with Crippen molar-refractivity contribution in [3.8, 4) is 5.69 Å². The maximum atomic E-state index is 12.0. The highest BCUT2D eigenvalue weighted by Gasteiger charge is 2.35. The lowest BCUT2D eigenvalue weighted by Crippen LogP contribution is -2.30. The molecule has 10 nitrogen and oxygen atoms in total. The van der Waals surface area contributed by atoms with Crippen molar-refractivity contribution in [1.82, 2.24) is 19.8 Å². The summed E-state index contributed by atoms with van der Waals surface area (Å²) >= 11 is 0. The van der Waals surface area contributed by atoms with Gasteiger partial charge in [0.2, 0.25) is 15.9 Å². The number of carbonyl (C=O) groups excluding carboxylic acids is 1. The second kappa shape index (κ2) is 5.50. The van der Waals surface area contributed by atoms with E-state index in [9.17, 15) is 18.0 Å². The summed E-state index contributed by atoms with van der Waals surface area (Å²) < 4.78 is 28.0. The predicted octanol–water partition coefficient (Wildman–Crippen LogP) is -1.18. The Bertz CT molecular complexity index is 894. The number of nitrogens with two attached hydrogens (primary N) is 1. The van der Waals surface area contributed by atoms with E-state index < -0.39 is 21.6 Å². The van der Waals surface area contributed by atoms with Crippen LogP contribution in [-0.2, 0) is 21.4 Å². The smallest absolute Gasteiger partial charge is 0.368 e. The van der Waals surface area contributed by atoms with Crippen LogP contribution in [0.15, 0.2) is 29.1 Å². The number of nitrogens with one attached hydrogen (secondary N) is 1. The fraction of sp³-hybridized carbons (Fsp3) is 0.333. The number of hydrogen-bond donors (Lipinski definition) is 2. The molecule has 0 saturated heterocycles. The second-order valence-electron chi connectivity index (χ2n) is 5.19. The van der Waals surface area contributed by atoms with E-state index >= 15 is 0 Å². The normalized spacial score (nSPS) is 14.6. The van der Waals surface area contributed by atoms with Crippen LogP contribution in [0.5, 0.6) is 0 Å². The lowest BCUT2D eigenvalue weighted by Gasteiger charge is -2.07. The second-order valence-corrected chi connectivity index (χ2v) is 7.15. The van der Waals surface area contributed by atoms with Crippen LogP contribution in [0.25, 0.3) is 5.69 Å². The minimum Gasteiger partial charge on any atom is -0.368 e. The minimum atomic E-state index is -3.34. The average molecular weight is 338 g/mol. The molecule has 1 aromatic carbocycles. The molecule has 1 fully saturated rings. The number of hydrogen-bond acceptors (Lipinski definition) is 6. The zero-order valence-electron chi connectivity index (χ0n) is 11.9. The van der Waals surface area contributed by atoms with Crippen molar-refractivity contribution in [2.24, 2.45) is 5.73 Å². The van der Waals surface area contributed by atoms with Crippen LogP contribution < -0.4 is 16.1 Å². The molecule has 1 aliphatic carbocycles. The number of aromatic nitrogens is 4. The molecule has 0 bridgehead atoms. The quantitative estimate of drug-likeness (QED) is 0.679. The van der Waals surface area contributed by atoms with Crippen LogP contribution in [0.2, 0.25) is 0 Å². The number of benzene rings is 1. The molecule has 11 heteroatoms. The molecule has 122 valence electrons. The van der Waals surface area contributed by atoms with E-state index in [-0.39, 0.29) is 11.8 Å². The van der Waals surface area contributed by atoms with E-state index in [2.05, 4.69) is 15.1 Å². The molecule has 0 aliphatic heterocycles. The lowest BCUT2D eigenvalue weighted by molar-refractivity contribution is -0.118. The SMILES string of the molecule is NC(=O)Cn1nnn(-c2ccc(NS(=O)(=O)C3CC3)cc2)c1=O. The third-order valence-corrected chi connectivity index (χ3v) is 5.15. The van der Waals surface area contributed by atoms with Crippen molar-refractivity contribution in [1.29, 1.82) is 0 Å². The summed E-state index contributed by atoms with van der Waals surface area (Å²) in [7, 11) is -3.34. The van der Waals surface area contributed by atoms with Gasteiger partial charge < -0.3 is 5.73 Å². The fourth-order valence-corrected chi connectivity index (χ4v) is 3.37. The van der Waals surface area contributed by atoms with Gasteiger partial charge in [0.15, 0.2) is 0 Å². The molecule has 1 amide bonds. The summed E-state index contributed by atoms with van der Waals surface area (Å²) in [4.78, 5) is 22.8. The molecule has 1 aromatic heterocycles. The largest absolute Gasteiger partial charge is 0.368 e. The van der Waals surface area contributed by atoms with Gasteiger partial charge in [0.25, 0.3) is 0 Å². The van der Waals surface area contributed by atoms with Crippen molar-refractivity contribution in [2.45, 2.75) is 24.6 Å². The Morgan fingerprint density at radius 3 is 2.48 bits per heavy atom. The van der Waals surface area contributed by atoms with Crippen molar-refractivity contribution in [3.05, 3.63) is 34.7 Å². The van der Waals surface area contributed by atoms with E-state index in [1.54, 1.807) is 0 Å². The van der Waals surface area contributed by atoms with Crippen LogP contribution in [-0.4, -0.2) is 39.4 Å². The summed E-state index contributed by atoms with van der Waals surface area (Å²) in [5.41, 5.74) is 5.18. The Morgan fingerprint density at radius 2 is 1.91 bits per heavy atom. The van der Waals surface area contributed by atoms with E-state index in [0.717, 1.165) is 9.36 Å². The summed E-state index contributed by atoms with van der Waals surface area (Å²) in [6.07, 6.45) is 1.34. The predicted molar refractivity (Wildman–Crippen MR) is 80.4 cm³/mol. The summed E-state index contributed by atoms with van der Waals surface area (Å²) in [6.45, 7) is -0.363. The minimum absolute atomic E-state index is 0.321. The number of anilines is 1. The highest BCUT2D eigenvalue weighted by atomic mass is 32.2. The molecule has 0 spiro atoms. The first-order valence-corrected chi connectivity index (χ1v) is 8.34. The molecule has 23 heavy (non-hydrogen) atoms. The summed E-state index contributed by atoms with van der Waals surface area (Å²) in [5.74, 6) is -0.705. The van der Waals surface area contributed by atoms with Gasteiger partial charge >= 0.3 is 5.69 Å². The van der Waals surface area contributed by atoms with Crippen LogP contribution in [0.3, 0.4) is 0 Å². The lowest BCUT2D eigenvalue weighted by atomic mass is 10.3. The molecule has 0 atom stereocenters. The van der Waals surface area contributed by atoms with Gasteiger partial charge in [-0.15, -0.1) is 0 Å². The van der Waals surface area contributed by atoms with Crippen LogP contribution in [0.4, 0.5) is 5.69 Å². The monoisotopic (exact) mass is 338 g/mol. The highest BCUT2D eigenvalue weighted by Crippen LogP contribution is 2.29. The zero-order valence-corrected chi connectivity index (χ0v) is 12.7. The maximum absolute atomic E-state index is 12.0. The molecule has 3 rings (SSSR count). The number of rotatable bonds is 6. The molecular weight excluding hydrogens is 324 g/mol. The van der Waals surface area contributed by atoms with Gasteiger partial charge in [-0.25, -0.2) is 13.2 Å². The summed E-state index contributed by atoms with van der Waals surface area (Å²) in [5, 5.41) is 6.88. The topological polar surface area (TPSA) is 142 Å². The van der Waals surface area contributed by atoms with Gasteiger partial charge in [-0.3, -0.25) is 9.52 Å². The van der Waals surface area contributed by atoms with Gasteiger partial charge in [0.05, 0.1) is 10.9 Å². The van der Waals surface area contributed by atoms with E-state index in [0.29, 0.717) is 24.2 Å². The van der Waals surface area contributed by atoms with E-state index in [1.165, 1.54) is 24.3 Å². The van der Waals surface area contributed by atoms with Crippen LogP contribution in [0, 0.1) is 0 Å². The number of sulfonamides is 1. The van der Waals surface area contributed by atoms with Gasteiger partial charge in [0.1, 0.15) is 6.54 Å². The van der Waals surface area contributed by atoms with Crippen molar-refractivity contribution >= 4 is 21.6 Å². The molecule has 0 unspecified atom stereocenters. The van der Waals surface area contributed by atoms with Gasteiger partial charge in [-0.1, -0.05) is 0 Å². The standard InChI is InChI=1S/C12H14N6O4S/c13-11(19)7-17-12(20)18(16-15-17)9-3-1-8(2-4-9)14-23(21,22)10-5-6-10/h1-4,10,14H,5-7H2,(H2,13,19). The summed E-state index contributed by atoms with van der Waals surface area (Å²) in [6, 6.07) is 6.09. The number of carbonyl (C=O) groups is 1. The molecule has 3 N–H and O–H groups in total. The van der Waals surface area contributed by atoms with E-state index in [4.69, 9.17) is 5.73 Å². The zero-order chi connectivity index (χ0) is 16.6. The first-order valence-electron chi connectivity index (χ1n) is 6.80. The molecule has 0 radical (unpaired) electrons. The Morgan fingerprint density at radius 1 is 1.26 bits per heavy atom. The number of nitrogens with zero attached hydrogens (tertiary/aromatic N) is 4. The fourth-order valence-electron chi connectivity index (χ4n) is 1.98. The van der Waals surface area contributed by atoms with Crippen LogP contribution >= 0.6 is 0 Å². The van der Waals surface area contributed by atoms with Gasteiger partial charge in [0, 0.05) is 5.69 Å². The highest BCUT2D eigenvalue weighted by molar-refractivity contribution is 7.93. The van der Waals surface area contributed by atoms with Crippen molar-refractivity contribution in [2.75, 3.05) is 4.72 Å². The third kappa shape index (κ3) is 3.23. The number of primary amides is 1. The van der Waals surface area contributed by atoms with Gasteiger partial charge in [-0.05, 0) is 47.5 Å².